The lowest BCUT2D eigenvalue weighted by atomic mass is 10.1. The zero-order chi connectivity index (χ0) is 17.0. The largest absolute Gasteiger partial charge is 0.370 e. The third kappa shape index (κ3) is 8.96. The molecule has 25 heavy (non-hydrogen) atoms. The van der Waals surface area contributed by atoms with Crippen LogP contribution in [0.1, 0.15) is 64.2 Å². The first-order valence-electron chi connectivity index (χ1n) is 9.87. The van der Waals surface area contributed by atoms with Gasteiger partial charge < -0.3 is 21.3 Å². The molecule has 0 bridgehead atoms. The molecule has 6 nitrogen and oxygen atoms in total. The van der Waals surface area contributed by atoms with E-state index in [0.29, 0.717) is 0 Å². The molecule has 0 saturated carbocycles. The maximum absolute atomic E-state index is 6.05. The Morgan fingerprint density at radius 3 is 1.32 bits per heavy atom. The zero-order valence-corrected chi connectivity index (χ0v) is 18.0. The molecular weight excluding hydrogens is 427 g/mol. The summed E-state index contributed by atoms with van der Waals surface area (Å²) in [5, 5.41) is 0. The third-order valence-corrected chi connectivity index (χ3v) is 4.97. The molecule has 2 fully saturated rings. The highest BCUT2D eigenvalue weighted by atomic mass is 127. The smallest absolute Gasteiger partial charge is 0.191 e. The Labute approximate surface area is 170 Å². The van der Waals surface area contributed by atoms with Crippen molar-refractivity contribution in [3.8, 4) is 0 Å². The fraction of sp³-hybridized carbons (Fsp3) is 0.889. The first-order valence-corrected chi connectivity index (χ1v) is 9.87. The Bertz CT molecular complexity index is 362. The van der Waals surface area contributed by atoms with E-state index in [1.54, 1.807) is 0 Å². The molecule has 0 aromatic rings. The Balaban J connectivity index is 0.00000312. The molecular formula is C18H37IN6. The monoisotopic (exact) mass is 464 g/mol. The summed E-state index contributed by atoms with van der Waals surface area (Å²) in [4.78, 5) is 13.5. The lowest BCUT2D eigenvalue weighted by molar-refractivity contribution is 0.337. The van der Waals surface area contributed by atoms with Crippen LogP contribution in [-0.2, 0) is 0 Å². The van der Waals surface area contributed by atoms with Crippen molar-refractivity contribution in [2.45, 2.75) is 64.2 Å². The summed E-state index contributed by atoms with van der Waals surface area (Å²) >= 11 is 0. The van der Waals surface area contributed by atoms with E-state index in [1.165, 1.54) is 51.4 Å². The normalized spacial score (nSPS) is 19.7. The third-order valence-electron chi connectivity index (χ3n) is 4.97. The van der Waals surface area contributed by atoms with E-state index in [-0.39, 0.29) is 24.0 Å². The molecule has 2 heterocycles. The van der Waals surface area contributed by atoms with Crippen LogP contribution in [0.15, 0.2) is 9.98 Å². The number of halogens is 1. The molecule has 0 aromatic carbocycles. The van der Waals surface area contributed by atoms with Crippen LogP contribution in [0.3, 0.4) is 0 Å². The van der Waals surface area contributed by atoms with Crippen molar-refractivity contribution in [2.24, 2.45) is 21.5 Å². The first-order chi connectivity index (χ1) is 11.8. The van der Waals surface area contributed by atoms with Gasteiger partial charge in [0.1, 0.15) is 0 Å². The molecule has 0 radical (unpaired) electrons. The highest BCUT2D eigenvalue weighted by Crippen LogP contribution is 2.09. The summed E-state index contributed by atoms with van der Waals surface area (Å²) in [6.45, 7) is 6.00. The van der Waals surface area contributed by atoms with Gasteiger partial charge in [0.25, 0.3) is 0 Å². The lowest BCUT2D eigenvalue weighted by Gasteiger charge is -2.27. The average molecular weight is 464 g/mol. The van der Waals surface area contributed by atoms with Crippen LogP contribution in [-0.4, -0.2) is 61.0 Å². The van der Waals surface area contributed by atoms with Gasteiger partial charge in [0.2, 0.25) is 0 Å². The predicted octanol–water partition coefficient (Wildman–Crippen LogP) is 2.77. The van der Waals surface area contributed by atoms with Crippen LogP contribution >= 0.6 is 24.0 Å². The minimum Gasteiger partial charge on any atom is -0.370 e. The SMILES string of the molecule is I.NC(=NCCCCCCN=C(N)N1CCCCC1)N1CCCCC1. The summed E-state index contributed by atoms with van der Waals surface area (Å²) in [6.07, 6.45) is 12.2. The van der Waals surface area contributed by atoms with Gasteiger partial charge in [0.15, 0.2) is 11.9 Å². The molecule has 2 saturated heterocycles. The topological polar surface area (TPSA) is 83.2 Å². The van der Waals surface area contributed by atoms with Crippen LogP contribution in [0.4, 0.5) is 0 Å². The highest BCUT2D eigenvalue weighted by Gasteiger charge is 2.12. The van der Waals surface area contributed by atoms with Gasteiger partial charge in [-0.2, -0.15) is 0 Å². The summed E-state index contributed by atoms with van der Waals surface area (Å²) < 4.78 is 0. The molecule has 146 valence electrons. The number of guanidine groups is 2. The zero-order valence-electron chi connectivity index (χ0n) is 15.7. The number of hydrogen-bond donors (Lipinski definition) is 2. The number of hydrogen-bond acceptors (Lipinski definition) is 2. The molecule has 0 spiro atoms. The average Bonchev–Trinajstić information content (AvgIpc) is 2.65. The van der Waals surface area contributed by atoms with Crippen molar-refractivity contribution in [3.63, 3.8) is 0 Å². The molecule has 0 atom stereocenters. The minimum absolute atomic E-state index is 0. The van der Waals surface area contributed by atoms with Gasteiger partial charge in [-0.1, -0.05) is 12.8 Å². The van der Waals surface area contributed by atoms with Crippen molar-refractivity contribution in [2.75, 3.05) is 39.3 Å². The Hall–Kier alpha value is -0.730. The maximum Gasteiger partial charge on any atom is 0.191 e. The standard InChI is InChI=1S/C18H36N6.HI/c19-17(23-13-7-3-8-14-23)21-11-5-1-2-6-12-22-18(20)24-15-9-4-10-16-24;/h1-16H2,(H2,19,21)(H2,20,22);1H. The second kappa shape index (κ2) is 13.5. The summed E-state index contributed by atoms with van der Waals surface area (Å²) in [7, 11) is 0. The van der Waals surface area contributed by atoms with E-state index in [0.717, 1.165) is 64.0 Å². The van der Waals surface area contributed by atoms with Gasteiger partial charge in [-0.3, -0.25) is 9.98 Å². The number of likely N-dealkylation sites (tertiary alicyclic amines) is 2. The Morgan fingerprint density at radius 1 is 0.600 bits per heavy atom. The Kier molecular flexibility index (Phi) is 12.0. The number of aliphatic imine (C=N–C) groups is 2. The van der Waals surface area contributed by atoms with E-state index in [4.69, 9.17) is 11.5 Å². The van der Waals surface area contributed by atoms with Gasteiger partial charge in [-0.15, -0.1) is 24.0 Å². The molecule has 2 aliphatic heterocycles. The first kappa shape index (κ1) is 22.3. The van der Waals surface area contributed by atoms with Gasteiger partial charge >= 0.3 is 0 Å². The van der Waals surface area contributed by atoms with Gasteiger partial charge in [0, 0.05) is 39.3 Å². The van der Waals surface area contributed by atoms with E-state index in [2.05, 4.69) is 19.8 Å². The van der Waals surface area contributed by atoms with Gasteiger partial charge in [-0.05, 0) is 51.4 Å². The van der Waals surface area contributed by atoms with E-state index >= 15 is 0 Å². The minimum atomic E-state index is 0. The summed E-state index contributed by atoms with van der Waals surface area (Å²) in [5.41, 5.74) is 12.1. The van der Waals surface area contributed by atoms with Crippen molar-refractivity contribution in [1.82, 2.24) is 9.80 Å². The van der Waals surface area contributed by atoms with Crippen LogP contribution in [0.2, 0.25) is 0 Å². The molecule has 0 amide bonds. The number of nitrogens with two attached hydrogens (primary N) is 2. The fourth-order valence-corrected chi connectivity index (χ4v) is 3.41. The number of unbranched alkanes of at least 4 members (excludes halogenated alkanes) is 3. The van der Waals surface area contributed by atoms with E-state index in [9.17, 15) is 0 Å². The van der Waals surface area contributed by atoms with Crippen LogP contribution < -0.4 is 11.5 Å². The van der Waals surface area contributed by atoms with Crippen LogP contribution in [0.25, 0.3) is 0 Å². The molecule has 0 unspecified atom stereocenters. The second-order valence-corrected chi connectivity index (χ2v) is 6.99. The van der Waals surface area contributed by atoms with Crippen LogP contribution in [0, 0.1) is 0 Å². The lowest BCUT2D eigenvalue weighted by Crippen LogP contribution is -2.40. The predicted molar refractivity (Wildman–Crippen MR) is 118 cm³/mol. The molecule has 2 rings (SSSR count). The van der Waals surface area contributed by atoms with E-state index < -0.39 is 0 Å². The van der Waals surface area contributed by atoms with Gasteiger partial charge in [-0.25, -0.2) is 0 Å². The Morgan fingerprint density at radius 2 is 0.960 bits per heavy atom. The second-order valence-electron chi connectivity index (χ2n) is 6.99. The molecule has 7 heteroatoms. The number of piperidine rings is 2. The fourth-order valence-electron chi connectivity index (χ4n) is 3.41. The van der Waals surface area contributed by atoms with Crippen molar-refractivity contribution in [1.29, 1.82) is 0 Å². The maximum atomic E-state index is 6.05. The summed E-state index contributed by atoms with van der Waals surface area (Å²) in [6, 6.07) is 0. The molecule has 0 aliphatic carbocycles. The quantitative estimate of drug-likeness (QED) is 0.263. The van der Waals surface area contributed by atoms with Gasteiger partial charge in [0.05, 0.1) is 0 Å². The van der Waals surface area contributed by atoms with Crippen molar-refractivity contribution >= 4 is 35.9 Å². The summed E-state index contributed by atoms with van der Waals surface area (Å²) in [5.74, 6) is 1.49. The number of nitrogens with zero attached hydrogens (tertiary/aromatic N) is 4. The van der Waals surface area contributed by atoms with E-state index in [1.807, 2.05) is 0 Å². The van der Waals surface area contributed by atoms with Crippen molar-refractivity contribution in [3.05, 3.63) is 0 Å². The molecule has 4 N–H and O–H groups in total. The molecule has 2 aliphatic rings. The van der Waals surface area contributed by atoms with Crippen molar-refractivity contribution < 1.29 is 0 Å². The molecule has 0 aromatic heterocycles. The van der Waals surface area contributed by atoms with Crippen LogP contribution in [0.5, 0.6) is 0 Å². The number of rotatable bonds is 7. The highest BCUT2D eigenvalue weighted by molar-refractivity contribution is 14.0.